The number of hydrogen-bond acceptors (Lipinski definition) is 5. The number of nitrogens with zero attached hydrogens (tertiary/aromatic N) is 2. The molecule has 0 atom stereocenters. The highest BCUT2D eigenvalue weighted by Crippen LogP contribution is 2.26. The van der Waals surface area contributed by atoms with Crippen LogP contribution in [0.15, 0.2) is 48.3 Å². The van der Waals surface area contributed by atoms with Crippen LogP contribution in [0.2, 0.25) is 5.02 Å². The zero-order valence-corrected chi connectivity index (χ0v) is 18.1. The number of aromatic nitrogens is 1. The summed E-state index contributed by atoms with van der Waals surface area (Å²) in [6.07, 6.45) is 4.36. The third-order valence-electron chi connectivity index (χ3n) is 4.27. The predicted molar refractivity (Wildman–Crippen MR) is 120 cm³/mol. The van der Waals surface area contributed by atoms with Crippen LogP contribution in [-0.2, 0) is 14.4 Å². The lowest BCUT2D eigenvalue weighted by atomic mass is 9.95. The van der Waals surface area contributed by atoms with Gasteiger partial charge in [0.25, 0.3) is 11.8 Å². The number of nitrogens with one attached hydrogen (secondary N) is 2. The van der Waals surface area contributed by atoms with Gasteiger partial charge < -0.3 is 5.32 Å². The van der Waals surface area contributed by atoms with E-state index in [0.717, 1.165) is 0 Å². The Balaban J connectivity index is 1.99. The largest absolute Gasteiger partial charge is 0.325 e. The quantitative estimate of drug-likeness (QED) is 0.431. The van der Waals surface area contributed by atoms with Crippen molar-refractivity contribution in [1.82, 2.24) is 10.3 Å². The van der Waals surface area contributed by atoms with Crippen LogP contribution >= 0.6 is 23.8 Å². The molecule has 1 saturated heterocycles. The first kappa shape index (κ1) is 21.6. The number of anilines is 2. The molecule has 2 aromatic rings. The summed E-state index contributed by atoms with van der Waals surface area (Å²) < 4.78 is 0. The van der Waals surface area contributed by atoms with Gasteiger partial charge in [0.2, 0.25) is 5.91 Å². The Morgan fingerprint density at radius 2 is 1.87 bits per heavy atom. The zero-order valence-electron chi connectivity index (χ0n) is 16.5. The van der Waals surface area contributed by atoms with Gasteiger partial charge in [-0.2, -0.15) is 0 Å². The van der Waals surface area contributed by atoms with Crippen molar-refractivity contribution in [3.63, 3.8) is 0 Å². The van der Waals surface area contributed by atoms with Gasteiger partial charge in [0.05, 0.1) is 11.4 Å². The predicted octanol–water partition coefficient (Wildman–Crippen LogP) is 3.55. The second-order valence-electron chi connectivity index (χ2n) is 7.60. The molecule has 0 bridgehead atoms. The molecule has 0 aliphatic carbocycles. The van der Waals surface area contributed by atoms with E-state index in [9.17, 15) is 14.4 Å². The minimum atomic E-state index is -0.632. The monoisotopic (exact) mass is 442 g/mol. The first-order valence-electron chi connectivity index (χ1n) is 9.00. The van der Waals surface area contributed by atoms with Crippen LogP contribution in [0.4, 0.5) is 11.4 Å². The second-order valence-corrected chi connectivity index (χ2v) is 8.42. The molecule has 3 amide bonds. The summed E-state index contributed by atoms with van der Waals surface area (Å²) >= 11 is 11.1. The average molecular weight is 443 g/mol. The van der Waals surface area contributed by atoms with Gasteiger partial charge in [0, 0.05) is 28.4 Å². The third-order valence-corrected chi connectivity index (χ3v) is 4.80. The molecule has 154 valence electrons. The normalized spacial score (nSPS) is 15.9. The number of benzene rings is 1. The van der Waals surface area contributed by atoms with Crippen LogP contribution in [-0.4, -0.2) is 27.8 Å². The fraction of sp³-hybridized carbons (Fsp3) is 0.190. The van der Waals surface area contributed by atoms with Crippen molar-refractivity contribution < 1.29 is 14.4 Å². The molecule has 0 unspecified atom stereocenters. The van der Waals surface area contributed by atoms with Crippen molar-refractivity contribution in [3.05, 3.63) is 58.9 Å². The van der Waals surface area contributed by atoms with E-state index >= 15 is 0 Å². The van der Waals surface area contributed by atoms with E-state index in [1.807, 2.05) is 0 Å². The first-order valence-corrected chi connectivity index (χ1v) is 9.79. The summed E-state index contributed by atoms with van der Waals surface area (Å²) in [7, 11) is 0. The van der Waals surface area contributed by atoms with Gasteiger partial charge in [-0.15, -0.1) is 0 Å². The topological polar surface area (TPSA) is 91.4 Å². The molecule has 0 saturated carbocycles. The lowest BCUT2D eigenvalue weighted by molar-refractivity contribution is -0.123. The van der Waals surface area contributed by atoms with Crippen LogP contribution in [0.1, 0.15) is 26.3 Å². The van der Waals surface area contributed by atoms with Gasteiger partial charge in [-0.25, -0.2) is 0 Å². The van der Waals surface area contributed by atoms with E-state index < -0.39 is 17.2 Å². The fourth-order valence-electron chi connectivity index (χ4n) is 2.58. The molecule has 1 aliphatic heterocycles. The molecule has 2 N–H and O–H groups in total. The Hall–Kier alpha value is -3.10. The van der Waals surface area contributed by atoms with Crippen LogP contribution in [0.3, 0.4) is 0 Å². The maximum Gasteiger partial charge on any atom is 0.270 e. The second kappa shape index (κ2) is 8.33. The zero-order chi connectivity index (χ0) is 22.1. The highest BCUT2D eigenvalue weighted by atomic mass is 35.5. The number of carbonyl (C=O) groups excluding carboxylic acids is 3. The fourth-order valence-corrected chi connectivity index (χ4v) is 2.99. The molecule has 2 heterocycles. The standard InChI is InChI=1S/C21H19ClN4O3S/c1-21(2,3)19(29)24-16-8-9-23-11-12(16)10-15-17(27)25-20(30)26(18(15)28)14-6-4-13(22)5-7-14/h4-11H,1-3H3,(H,23,24,29)(H,25,27,30)/b15-10-. The maximum atomic E-state index is 13.1. The van der Waals surface area contributed by atoms with Crippen molar-refractivity contribution in [2.24, 2.45) is 5.41 Å². The average Bonchev–Trinajstić information content (AvgIpc) is 2.67. The van der Waals surface area contributed by atoms with Gasteiger partial charge in [0.1, 0.15) is 5.57 Å². The molecule has 1 aliphatic rings. The summed E-state index contributed by atoms with van der Waals surface area (Å²) in [6, 6.07) is 8.09. The van der Waals surface area contributed by atoms with Crippen LogP contribution in [0, 0.1) is 5.41 Å². The molecule has 1 fully saturated rings. The Bertz CT molecular complexity index is 1070. The number of halogens is 1. The van der Waals surface area contributed by atoms with Gasteiger partial charge in [0.15, 0.2) is 5.11 Å². The van der Waals surface area contributed by atoms with E-state index in [4.69, 9.17) is 23.8 Å². The number of hydrogen-bond donors (Lipinski definition) is 2. The van der Waals surface area contributed by atoms with E-state index in [2.05, 4.69) is 15.6 Å². The molecule has 1 aromatic heterocycles. The van der Waals surface area contributed by atoms with Gasteiger partial charge >= 0.3 is 0 Å². The number of carbonyl (C=O) groups is 3. The minimum absolute atomic E-state index is 0.0306. The Kier molecular flexibility index (Phi) is 6.00. The van der Waals surface area contributed by atoms with E-state index in [1.54, 1.807) is 51.1 Å². The molecule has 0 spiro atoms. The maximum absolute atomic E-state index is 13.1. The summed E-state index contributed by atoms with van der Waals surface area (Å²) in [5.74, 6) is -1.44. The Morgan fingerprint density at radius 1 is 1.20 bits per heavy atom. The molecule has 3 rings (SSSR count). The summed E-state index contributed by atoms with van der Waals surface area (Å²) in [6.45, 7) is 5.35. The van der Waals surface area contributed by atoms with Gasteiger partial charge in [-0.05, 0) is 48.6 Å². The summed E-state index contributed by atoms with van der Waals surface area (Å²) in [5.41, 5.74) is 0.552. The smallest absolute Gasteiger partial charge is 0.270 e. The van der Waals surface area contributed by atoms with Crippen molar-refractivity contribution in [2.75, 3.05) is 10.2 Å². The molecule has 0 radical (unpaired) electrons. The highest BCUT2D eigenvalue weighted by molar-refractivity contribution is 7.80. The van der Waals surface area contributed by atoms with Crippen LogP contribution in [0.5, 0.6) is 0 Å². The molecule has 9 heteroatoms. The Morgan fingerprint density at radius 3 is 2.50 bits per heavy atom. The number of amides is 3. The number of rotatable bonds is 3. The molecular weight excluding hydrogens is 424 g/mol. The minimum Gasteiger partial charge on any atom is -0.325 e. The van der Waals surface area contributed by atoms with E-state index in [1.165, 1.54) is 23.4 Å². The van der Waals surface area contributed by atoms with Crippen LogP contribution in [0.25, 0.3) is 6.08 Å². The van der Waals surface area contributed by atoms with Crippen LogP contribution < -0.4 is 15.5 Å². The SMILES string of the molecule is CC(C)(C)C(=O)Nc1ccncc1/C=C1/C(=O)NC(=S)N(c2ccc(Cl)cc2)C1=O. The molecule has 30 heavy (non-hydrogen) atoms. The van der Waals surface area contributed by atoms with Gasteiger partial charge in [-0.3, -0.25) is 29.6 Å². The van der Waals surface area contributed by atoms with Crippen molar-refractivity contribution in [1.29, 1.82) is 0 Å². The molecule has 1 aromatic carbocycles. The number of thiocarbonyl (C=S) groups is 1. The van der Waals surface area contributed by atoms with Crippen molar-refractivity contribution >= 4 is 64.1 Å². The first-order chi connectivity index (χ1) is 14.1. The summed E-state index contributed by atoms with van der Waals surface area (Å²) in [4.78, 5) is 43.2. The lowest BCUT2D eigenvalue weighted by Crippen LogP contribution is -2.54. The van der Waals surface area contributed by atoms with Crippen molar-refractivity contribution in [3.8, 4) is 0 Å². The highest BCUT2D eigenvalue weighted by Gasteiger charge is 2.34. The Labute approximate surface area is 184 Å². The summed E-state index contributed by atoms with van der Waals surface area (Å²) in [5, 5.41) is 5.80. The molecular formula is C21H19ClN4O3S. The van der Waals surface area contributed by atoms with E-state index in [0.29, 0.717) is 22.0 Å². The lowest BCUT2D eigenvalue weighted by Gasteiger charge is -2.29. The van der Waals surface area contributed by atoms with Gasteiger partial charge in [-0.1, -0.05) is 32.4 Å². The van der Waals surface area contributed by atoms with Crippen molar-refractivity contribution in [2.45, 2.75) is 20.8 Å². The number of pyridine rings is 1. The third kappa shape index (κ3) is 4.55. The molecule has 7 nitrogen and oxygen atoms in total. The van der Waals surface area contributed by atoms with E-state index in [-0.39, 0.29) is 16.6 Å².